The molecule has 2 rings (SSSR count). The summed E-state index contributed by atoms with van der Waals surface area (Å²) in [6.07, 6.45) is 0. The van der Waals surface area contributed by atoms with E-state index in [1.807, 2.05) is 30.3 Å². The van der Waals surface area contributed by atoms with Crippen molar-refractivity contribution in [1.82, 2.24) is 4.90 Å². The minimum absolute atomic E-state index is 0.0772. The van der Waals surface area contributed by atoms with Gasteiger partial charge < -0.3 is 4.90 Å². The largest absolute Gasteiger partial charge is 0.300 e. The molecule has 0 aliphatic carbocycles. The summed E-state index contributed by atoms with van der Waals surface area (Å²) in [6.45, 7) is 3.70. The van der Waals surface area contributed by atoms with Crippen molar-refractivity contribution in [3.8, 4) is 6.07 Å². The van der Waals surface area contributed by atoms with Crippen LogP contribution in [-0.4, -0.2) is 18.5 Å². The molecule has 0 amide bonds. The van der Waals surface area contributed by atoms with Crippen LogP contribution < -0.4 is 0 Å². The average molecular weight is 264 g/mol. The van der Waals surface area contributed by atoms with Crippen molar-refractivity contribution in [2.75, 3.05) is 13.6 Å². The number of likely N-dealkylation sites (N-methyl/N-ethyl adjacent to an activating group) is 1. The van der Waals surface area contributed by atoms with Gasteiger partial charge in [0.2, 0.25) is 0 Å². The third-order valence-electron chi connectivity index (χ3n) is 3.43. The molecule has 0 aromatic heterocycles. The number of rotatable bonds is 5. The summed E-state index contributed by atoms with van der Waals surface area (Å²) in [5, 5.41) is 9.35. The lowest BCUT2D eigenvalue weighted by molar-refractivity contribution is 0.320. The molecule has 1 atom stereocenters. The molecule has 1 unspecified atom stereocenters. The van der Waals surface area contributed by atoms with E-state index >= 15 is 0 Å². The van der Waals surface area contributed by atoms with Crippen LogP contribution >= 0.6 is 0 Å². The fourth-order valence-electron chi connectivity index (χ4n) is 2.29. The summed E-state index contributed by atoms with van der Waals surface area (Å²) in [5.41, 5.74) is 3.64. The van der Waals surface area contributed by atoms with Gasteiger partial charge in [0.25, 0.3) is 0 Å². The highest BCUT2D eigenvalue weighted by Gasteiger charge is 2.13. The summed E-state index contributed by atoms with van der Waals surface area (Å²) in [5.74, 6) is -0.0772. The molecule has 0 aliphatic rings. The SMILES string of the molecule is Cc1ccc(CN(C)CC(C#N)c2ccccc2)cc1. The molecule has 0 N–H and O–H groups in total. The minimum Gasteiger partial charge on any atom is -0.300 e. The zero-order valence-corrected chi connectivity index (χ0v) is 12.1. The second-order valence-corrected chi connectivity index (χ2v) is 5.27. The zero-order chi connectivity index (χ0) is 14.4. The molecule has 2 aromatic rings. The van der Waals surface area contributed by atoms with Crippen LogP contribution in [0.2, 0.25) is 0 Å². The molecule has 0 radical (unpaired) electrons. The van der Waals surface area contributed by atoms with Crippen LogP contribution in [0.3, 0.4) is 0 Å². The van der Waals surface area contributed by atoms with E-state index < -0.39 is 0 Å². The molecule has 0 saturated heterocycles. The molecule has 0 heterocycles. The molecule has 2 nitrogen and oxygen atoms in total. The number of aryl methyl sites for hydroxylation is 1. The van der Waals surface area contributed by atoms with Crippen molar-refractivity contribution in [1.29, 1.82) is 5.26 Å². The molecular formula is C18H20N2. The van der Waals surface area contributed by atoms with Crippen LogP contribution in [0.5, 0.6) is 0 Å². The van der Waals surface area contributed by atoms with Gasteiger partial charge in [0.1, 0.15) is 0 Å². The van der Waals surface area contributed by atoms with Gasteiger partial charge in [-0.05, 0) is 25.1 Å². The topological polar surface area (TPSA) is 27.0 Å². The number of nitriles is 1. The summed E-state index contributed by atoms with van der Waals surface area (Å²) < 4.78 is 0. The second kappa shape index (κ2) is 6.88. The lowest BCUT2D eigenvalue weighted by Crippen LogP contribution is -2.23. The van der Waals surface area contributed by atoms with E-state index in [1.54, 1.807) is 0 Å². The van der Waals surface area contributed by atoms with E-state index in [1.165, 1.54) is 11.1 Å². The summed E-state index contributed by atoms with van der Waals surface area (Å²) in [4.78, 5) is 2.20. The average Bonchev–Trinajstić information content (AvgIpc) is 2.48. The highest BCUT2D eigenvalue weighted by Crippen LogP contribution is 2.16. The molecule has 0 aliphatic heterocycles. The zero-order valence-electron chi connectivity index (χ0n) is 12.1. The van der Waals surface area contributed by atoms with Gasteiger partial charge in [0, 0.05) is 13.1 Å². The molecule has 0 fully saturated rings. The Balaban J connectivity index is 1.98. The molecule has 2 heteroatoms. The second-order valence-electron chi connectivity index (χ2n) is 5.27. The summed E-state index contributed by atoms with van der Waals surface area (Å²) in [7, 11) is 2.06. The Kier molecular flexibility index (Phi) is 4.92. The standard InChI is InChI=1S/C18H20N2/c1-15-8-10-16(11-9-15)13-20(2)14-18(12-19)17-6-4-3-5-7-17/h3-11,18H,13-14H2,1-2H3. The minimum atomic E-state index is -0.0772. The maximum atomic E-state index is 9.35. The highest BCUT2D eigenvalue weighted by atomic mass is 15.1. The van der Waals surface area contributed by atoms with E-state index in [0.29, 0.717) is 0 Å². The number of nitrogens with zero attached hydrogens (tertiary/aromatic N) is 2. The number of hydrogen-bond donors (Lipinski definition) is 0. The van der Waals surface area contributed by atoms with E-state index in [0.717, 1.165) is 18.7 Å². The maximum absolute atomic E-state index is 9.35. The third kappa shape index (κ3) is 3.94. The van der Waals surface area contributed by atoms with Gasteiger partial charge in [0.15, 0.2) is 0 Å². The Morgan fingerprint density at radius 2 is 1.70 bits per heavy atom. The molecule has 0 bridgehead atoms. The van der Waals surface area contributed by atoms with Gasteiger partial charge in [-0.3, -0.25) is 0 Å². The third-order valence-corrected chi connectivity index (χ3v) is 3.43. The molecule has 2 aromatic carbocycles. The summed E-state index contributed by atoms with van der Waals surface area (Å²) >= 11 is 0. The number of hydrogen-bond acceptors (Lipinski definition) is 2. The van der Waals surface area contributed by atoms with Crippen molar-refractivity contribution >= 4 is 0 Å². The van der Waals surface area contributed by atoms with Crippen LogP contribution in [-0.2, 0) is 6.54 Å². The van der Waals surface area contributed by atoms with E-state index in [-0.39, 0.29) is 5.92 Å². The van der Waals surface area contributed by atoms with Crippen LogP contribution in [0.4, 0.5) is 0 Å². The predicted molar refractivity (Wildman–Crippen MR) is 82.3 cm³/mol. The number of benzene rings is 2. The van der Waals surface area contributed by atoms with Crippen molar-refractivity contribution in [3.05, 3.63) is 71.3 Å². The molecular weight excluding hydrogens is 244 g/mol. The first-order valence-corrected chi connectivity index (χ1v) is 6.87. The van der Waals surface area contributed by atoms with Crippen LogP contribution in [0.25, 0.3) is 0 Å². The van der Waals surface area contributed by atoms with Gasteiger partial charge >= 0.3 is 0 Å². The first-order valence-electron chi connectivity index (χ1n) is 6.87. The lowest BCUT2D eigenvalue weighted by Gasteiger charge is -2.20. The quantitative estimate of drug-likeness (QED) is 0.822. The Morgan fingerprint density at radius 3 is 2.30 bits per heavy atom. The Hall–Kier alpha value is -2.11. The molecule has 20 heavy (non-hydrogen) atoms. The first kappa shape index (κ1) is 14.3. The van der Waals surface area contributed by atoms with Gasteiger partial charge in [0.05, 0.1) is 12.0 Å². The van der Waals surface area contributed by atoms with Crippen LogP contribution in [0, 0.1) is 18.3 Å². The normalized spacial score (nSPS) is 12.1. The highest BCUT2D eigenvalue weighted by molar-refractivity contribution is 5.25. The van der Waals surface area contributed by atoms with Gasteiger partial charge in [-0.2, -0.15) is 5.26 Å². The van der Waals surface area contributed by atoms with E-state index in [2.05, 4.69) is 49.2 Å². The monoisotopic (exact) mass is 264 g/mol. The van der Waals surface area contributed by atoms with E-state index in [9.17, 15) is 5.26 Å². The van der Waals surface area contributed by atoms with E-state index in [4.69, 9.17) is 0 Å². The van der Waals surface area contributed by atoms with Crippen molar-refractivity contribution in [2.24, 2.45) is 0 Å². The van der Waals surface area contributed by atoms with Gasteiger partial charge in [-0.15, -0.1) is 0 Å². The Bertz CT molecular complexity index is 567. The maximum Gasteiger partial charge on any atom is 0.0839 e. The predicted octanol–water partition coefficient (Wildman–Crippen LogP) is 3.73. The van der Waals surface area contributed by atoms with Gasteiger partial charge in [-0.25, -0.2) is 0 Å². The lowest BCUT2D eigenvalue weighted by atomic mass is 10.00. The van der Waals surface area contributed by atoms with Gasteiger partial charge in [-0.1, -0.05) is 60.2 Å². The Morgan fingerprint density at radius 1 is 1.05 bits per heavy atom. The summed E-state index contributed by atoms with van der Waals surface area (Å²) in [6, 6.07) is 20.9. The molecule has 102 valence electrons. The van der Waals surface area contributed by atoms with Crippen molar-refractivity contribution in [2.45, 2.75) is 19.4 Å². The fourth-order valence-corrected chi connectivity index (χ4v) is 2.29. The van der Waals surface area contributed by atoms with Crippen molar-refractivity contribution < 1.29 is 0 Å². The fraction of sp³-hybridized carbons (Fsp3) is 0.278. The molecule has 0 spiro atoms. The first-order chi connectivity index (χ1) is 9.69. The van der Waals surface area contributed by atoms with Crippen LogP contribution in [0.15, 0.2) is 54.6 Å². The smallest absolute Gasteiger partial charge is 0.0839 e. The molecule has 0 saturated carbocycles. The van der Waals surface area contributed by atoms with Crippen molar-refractivity contribution in [3.63, 3.8) is 0 Å². The Labute approximate surface area is 121 Å². The van der Waals surface area contributed by atoms with Crippen LogP contribution in [0.1, 0.15) is 22.6 Å².